The van der Waals surface area contributed by atoms with E-state index < -0.39 is 0 Å². The van der Waals surface area contributed by atoms with Crippen molar-refractivity contribution in [1.82, 2.24) is 19.8 Å². The zero-order valence-electron chi connectivity index (χ0n) is 14.1. The number of benzene rings is 1. The Morgan fingerprint density at radius 1 is 1.20 bits per heavy atom. The standard InChI is InChI=1S/C18H22N4O2S/c23-16(19-13-7-8-13)12-25-18-20-14-5-1-2-6-15(14)22(18)11-17(24)21-9-3-4-10-21/h1-2,5-6,13H,3-4,7-12H2,(H,19,23). The highest BCUT2D eigenvalue weighted by Crippen LogP contribution is 2.25. The number of aromatic nitrogens is 2. The molecule has 0 unspecified atom stereocenters. The fourth-order valence-electron chi connectivity index (χ4n) is 3.15. The molecule has 1 aliphatic carbocycles. The molecule has 4 rings (SSSR count). The third kappa shape index (κ3) is 3.81. The lowest BCUT2D eigenvalue weighted by atomic mass is 10.3. The molecule has 2 amide bonds. The van der Waals surface area contributed by atoms with E-state index in [1.165, 1.54) is 11.8 Å². The van der Waals surface area contributed by atoms with Crippen LogP contribution in [0.15, 0.2) is 29.4 Å². The minimum atomic E-state index is 0.0389. The van der Waals surface area contributed by atoms with Crippen LogP contribution in [0.5, 0.6) is 0 Å². The number of amides is 2. The number of nitrogens with one attached hydrogen (secondary N) is 1. The van der Waals surface area contributed by atoms with E-state index in [1.54, 1.807) is 0 Å². The maximum atomic E-state index is 12.6. The molecule has 2 aromatic rings. The van der Waals surface area contributed by atoms with Crippen LogP contribution in [0.4, 0.5) is 0 Å². The van der Waals surface area contributed by atoms with Crippen molar-refractivity contribution in [2.45, 2.75) is 43.4 Å². The van der Waals surface area contributed by atoms with Gasteiger partial charge in [0.05, 0.1) is 16.8 Å². The molecule has 2 aliphatic rings. The second kappa shape index (κ2) is 7.07. The Balaban J connectivity index is 1.52. The molecule has 0 radical (unpaired) electrons. The van der Waals surface area contributed by atoms with E-state index in [-0.39, 0.29) is 18.4 Å². The highest BCUT2D eigenvalue weighted by molar-refractivity contribution is 7.99. The van der Waals surface area contributed by atoms with Gasteiger partial charge >= 0.3 is 0 Å². The molecular formula is C18H22N4O2S. The molecule has 1 N–H and O–H groups in total. The molecule has 7 heteroatoms. The number of imidazole rings is 1. The zero-order valence-corrected chi connectivity index (χ0v) is 14.9. The van der Waals surface area contributed by atoms with Gasteiger partial charge in [-0.2, -0.15) is 0 Å². The van der Waals surface area contributed by atoms with Crippen LogP contribution in [-0.2, 0) is 16.1 Å². The van der Waals surface area contributed by atoms with Crippen molar-refractivity contribution >= 4 is 34.6 Å². The molecule has 1 saturated carbocycles. The van der Waals surface area contributed by atoms with E-state index in [4.69, 9.17) is 0 Å². The van der Waals surface area contributed by atoms with Gasteiger partial charge in [-0.1, -0.05) is 23.9 Å². The molecule has 6 nitrogen and oxygen atoms in total. The first kappa shape index (κ1) is 16.4. The number of hydrogen-bond acceptors (Lipinski definition) is 4. The number of nitrogens with zero attached hydrogens (tertiary/aromatic N) is 3. The summed E-state index contributed by atoms with van der Waals surface area (Å²) in [5, 5.41) is 3.73. The van der Waals surface area contributed by atoms with Crippen molar-refractivity contribution in [3.63, 3.8) is 0 Å². The van der Waals surface area contributed by atoms with Crippen LogP contribution in [-0.4, -0.2) is 51.1 Å². The first-order valence-corrected chi connectivity index (χ1v) is 9.84. The Morgan fingerprint density at radius 3 is 2.72 bits per heavy atom. The summed E-state index contributed by atoms with van der Waals surface area (Å²) in [5.41, 5.74) is 1.81. The molecule has 1 aromatic carbocycles. The minimum Gasteiger partial charge on any atom is -0.353 e. The van der Waals surface area contributed by atoms with E-state index in [0.29, 0.717) is 11.8 Å². The smallest absolute Gasteiger partial charge is 0.242 e. The minimum absolute atomic E-state index is 0.0389. The first-order chi connectivity index (χ1) is 12.2. The Labute approximate surface area is 151 Å². The van der Waals surface area contributed by atoms with E-state index in [9.17, 15) is 9.59 Å². The Morgan fingerprint density at radius 2 is 1.96 bits per heavy atom. The Bertz CT molecular complexity index is 793. The summed E-state index contributed by atoms with van der Waals surface area (Å²) in [6.45, 7) is 1.97. The molecule has 2 heterocycles. The molecule has 1 aromatic heterocycles. The highest BCUT2D eigenvalue weighted by Gasteiger charge is 2.24. The van der Waals surface area contributed by atoms with Crippen LogP contribution in [0.25, 0.3) is 11.0 Å². The fraction of sp³-hybridized carbons (Fsp3) is 0.500. The quantitative estimate of drug-likeness (QED) is 0.803. The van der Waals surface area contributed by atoms with Gasteiger partial charge in [-0.05, 0) is 37.8 Å². The molecule has 2 fully saturated rings. The zero-order chi connectivity index (χ0) is 17.2. The number of carbonyl (C=O) groups is 2. The van der Waals surface area contributed by atoms with Gasteiger partial charge in [-0.3, -0.25) is 9.59 Å². The highest BCUT2D eigenvalue weighted by atomic mass is 32.2. The fourth-order valence-corrected chi connectivity index (χ4v) is 3.97. The van der Waals surface area contributed by atoms with Crippen molar-refractivity contribution < 1.29 is 9.59 Å². The van der Waals surface area contributed by atoms with Crippen LogP contribution in [0, 0.1) is 0 Å². The van der Waals surface area contributed by atoms with Gasteiger partial charge in [-0.25, -0.2) is 4.98 Å². The largest absolute Gasteiger partial charge is 0.353 e. The predicted molar refractivity (Wildman–Crippen MR) is 97.4 cm³/mol. The topological polar surface area (TPSA) is 67.2 Å². The van der Waals surface area contributed by atoms with Crippen molar-refractivity contribution in [3.8, 4) is 0 Å². The molecule has 25 heavy (non-hydrogen) atoms. The third-order valence-electron chi connectivity index (χ3n) is 4.65. The molecular weight excluding hydrogens is 336 g/mol. The molecule has 0 spiro atoms. The Hall–Kier alpha value is -2.02. The molecule has 132 valence electrons. The molecule has 0 atom stereocenters. The van der Waals surface area contributed by atoms with Gasteiger partial charge in [0.2, 0.25) is 11.8 Å². The van der Waals surface area contributed by atoms with E-state index in [1.807, 2.05) is 33.7 Å². The SMILES string of the molecule is O=C(CSc1nc2ccccc2n1CC(=O)N1CCCC1)NC1CC1. The maximum absolute atomic E-state index is 12.6. The average molecular weight is 358 g/mol. The van der Waals surface area contributed by atoms with Gasteiger partial charge in [0.1, 0.15) is 6.54 Å². The molecule has 0 bridgehead atoms. The molecule has 1 saturated heterocycles. The summed E-state index contributed by atoms with van der Waals surface area (Å²) >= 11 is 1.40. The molecule has 1 aliphatic heterocycles. The number of carbonyl (C=O) groups excluding carboxylic acids is 2. The number of thioether (sulfide) groups is 1. The monoisotopic (exact) mass is 358 g/mol. The number of rotatable bonds is 6. The van der Waals surface area contributed by atoms with Crippen LogP contribution in [0.3, 0.4) is 0 Å². The lowest BCUT2D eigenvalue weighted by molar-refractivity contribution is -0.130. The van der Waals surface area contributed by atoms with Gasteiger partial charge in [0.15, 0.2) is 5.16 Å². The number of fused-ring (bicyclic) bond motifs is 1. The number of hydrogen-bond donors (Lipinski definition) is 1. The van der Waals surface area contributed by atoms with Gasteiger partial charge < -0.3 is 14.8 Å². The van der Waals surface area contributed by atoms with Crippen LogP contribution >= 0.6 is 11.8 Å². The van der Waals surface area contributed by atoms with Crippen molar-refractivity contribution in [2.75, 3.05) is 18.8 Å². The predicted octanol–water partition coefficient (Wildman–Crippen LogP) is 2.03. The summed E-state index contributed by atoms with van der Waals surface area (Å²) in [5.74, 6) is 0.500. The van der Waals surface area contributed by atoms with Crippen LogP contribution in [0.1, 0.15) is 25.7 Å². The summed E-state index contributed by atoms with van der Waals surface area (Å²) < 4.78 is 1.95. The lowest BCUT2D eigenvalue weighted by Crippen LogP contribution is -2.31. The van der Waals surface area contributed by atoms with Crippen molar-refractivity contribution in [1.29, 1.82) is 0 Å². The van der Waals surface area contributed by atoms with Gasteiger partial charge in [-0.15, -0.1) is 0 Å². The normalized spacial score (nSPS) is 17.2. The second-order valence-corrected chi connectivity index (χ2v) is 7.63. The summed E-state index contributed by atoms with van der Waals surface area (Å²) in [6.07, 6.45) is 4.33. The summed E-state index contributed by atoms with van der Waals surface area (Å²) in [7, 11) is 0. The van der Waals surface area contributed by atoms with Gasteiger partial charge in [0, 0.05) is 19.1 Å². The van der Waals surface area contributed by atoms with Crippen LogP contribution in [0.2, 0.25) is 0 Å². The van der Waals surface area contributed by atoms with E-state index in [2.05, 4.69) is 10.3 Å². The average Bonchev–Trinajstić information content (AvgIpc) is 3.12. The number of likely N-dealkylation sites (tertiary alicyclic amines) is 1. The summed E-state index contributed by atoms with van der Waals surface area (Å²) in [6, 6.07) is 8.18. The first-order valence-electron chi connectivity index (χ1n) is 8.86. The van der Waals surface area contributed by atoms with Crippen molar-refractivity contribution in [3.05, 3.63) is 24.3 Å². The third-order valence-corrected chi connectivity index (χ3v) is 5.62. The number of para-hydroxylation sites is 2. The van der Waals surface area contributed by atoms with E-state index >= 15 is 0 Å². The second-order valence-electron chi connectivity index (χ2n) is 6.69. The van der Waals surface area contributed by atoms with Crippen molar-refractivity contribution in [2.24, 2.45) is 0 Å². The van der Waals surface area contributed by atoms with E-state index in [0.717, 1.165) is 55.0 Å². The van der Waals surface area contributed by atoms with Crippen LogP contribution < -0.4 is 5.32 Å². The maximum Gasteiger partial charge on any atom is 0.242 e. The Kier molecular flexibility index (Phi) is 4.65. The lowest BCUT2D eigenvalue weighted by Gasteiger charge is -2.17. The summed E-state index contributed by atoms with van der Waals surface area (Å²) in [4.78, 5) is 31.1. The van der Waals surface area contributed by atoms with Gasteiger partial charge in [0.25, 0.3) is 0 Å².